The fourth-order valence-electron chi connectivity index (χ4n) is 4.05. The summed E-state index contributed by atoms with van der Waals surface area (Å²) in [6.07, 6.45) is 3.97. The molecule has 1 N–H and O–H groups in total. The van der Waals surface area contributed by atoms with Gasteiger partial charge in [-0.25, -0.2) is 0 Å². The Morgan fingerprint density at radius 2 is 1.87 bits per heavy atom. The molecule has 8 heteroatoms. The van der Waals surface area contributed by atoms with Gasteiger partial charge in [0.1, 0.15) is 5.76 Å². The fourth-order valence-corrected chi connectivity index (χ4v) is 4.17. The molecule has 0 aliphatic carbocycles. The number of aliphatic hydroxyl groups excluding tert-OH is 1. The van der Waals surface area contributed by atoms with Crippen LogP contribution in [0.2, 0.25) is 5.02 Å². The van der Waals surface area contributed by atoms with Gasteiger partial charge in [0.25, 0.3) is 11.7 Å². The number of aliphatic hydroxyl groups is 1. The second-order valence-corrected chi connectivity index (χ2v) is 8.03. The first-order valence-corrected chi connectivity index (χ1v) is 10.7. The van der Waals surface area contributed by atoms with Gasteiger partial charge < -0.3 is 14.7 Å². The third-order valence-electron chi connectivity index (χ3n) is 5.63. The molecule has 2 saturated heterocycles. The second-order valence-electron chi connectivity index (χ2n) is 7.59. The Kier molecular flexibility index (Phi) is 6.65. The molecule has 0 unspecified atom stereocenters. The maximum atomic E-state index is 13.0. The fraction of sp³-hybridized carbons (Fsp3) is 0.348. The van der Waals surface area contributed by atoms with Crippen molar-refractivity contribution in [3.63, 3.8) is 0 Å². The van der Waals surface area contributed by atoms with Crippen molar-refractivity contribution in [3.05, 3.63) is 70.5 Å². The van der Waals surface area contributed by atoms with E-state index in [1.807, 2.05) is 6.07 Å². The second kappa shape index (κ2) is 9.60. The van der Waals surface area contributed by atoms with Gasteiger partial charge in [-0.3, -0.25) is 19.5 Å². The summed E-state index contributed by atoms with van der Waals surface area (Å²) < 4.78 is 5.38. The standard InChI is InChI=1S/C23H24ClN3O4/c24-18-6-4-16(5-7-18)21(28)19-20(17-3-1-8-25-15-17)27(23(30)22(19)29)10-2-9-26-11-13-31-14-12-26/h1,3-8,15,20,28H,2,9-14H2/b21-19+/t20-/m1/s1. The van der Waals surface area contributed by atoms with Crippen LogP contribution in [0, 0.1) is 0 Å². The highest BCUT2D eigenvalue weighted by molar-refractivity contribution is 6.46. The molecule has 2 aliphatic heterocycles. The van der Waals surface area contributed by atoms with Crippen LogP contribution in [0.3, 0.4) is 0 Å². The largest absolute Gasteiger partial charge is 0.507 e. The number of rotatable bonds is 6. The monoisotopic (exact) mass is 441 g/mol. The van der Waals surface area contributed by atoms with Crippen molar-refractivity contribution in [2.45, 2.75) is 12.5 Å². The molecule has 1 aromatic carbocycles. The Hall–Kier alpha value is -2.74. The summed E-state index contributed by atoms with van der Waals surface area (Å²) in [5.74, 6) is -1.50. The van der Waals surface area contributed by atoms with E-state index in [1.165, 1.54) is 0 Å². The summed E-state index contributed by atoms with van der Waals surface area (Å²) in [6.45, 7) is 4.35. The molecule has 0 saturated carbocycles. The van der Waals surface area contributed by atoms with Crippen LogP contribution in [0.15, 0.2) is 54.4 Å². The first-order valence-electron chi connectivity index (χ1n) is 10.3. The van der Waals surface area contributed by atoms with Crippen molar-refractivity contribution in [2.75, 3.05) is 39.4 Å². The normalized spacial score (nSPS) is 21.6. The van der Waals surface area contributed by atoms with Crippen LogP contribution in [0.4, 0.5) is 0 Å². The molecule has 7 nitrogen and oxygen atoms in total. The van der Waals surface area contributed by atoms with Crippen molar-refractivity contribution in [2.24, 2.45) is 0 Å². The van der Waals surface area contributed by atoms with E-state index in [1.54, 1.807) is 47.6 Å². The van der Waals surface area contributed by atoms with Crippen LogP contribution >= 0.6 is 11.6 Å². The molecule has 1 amide bonds. The van der Waals surface area contributed by atoms with Crippen LogP contribution in [-0.2, 0) is 14.3 Å². The number of nitrogens with zero attached hydrogens (tertiary/aromatic N) is 3. The molecule has 0 radical (unpaired) electrons. The van der Waals surface area contributed by atoms with Gasteiger partial charge in [0.15, 0.2) is 0 Å². The van der Waals surface area contributed by atoms with E-state index in [0.717, 1.165) is 19.6 Å². The molecule has 0 spiro atoms. The minimum Gasteiger partial charge on any atom is -0.507 e. The molecule has 2 fully saturated rings. The van der Waals surface area contributed by atoms with E-state index < -0.39 is 17.7 Å². The van der Waals surface area contributed by atoms with E-state index >= 15 is 0 Å². The molecule has 2 aromatic rings. The number of Topliss-reactive ketones (excluding diaryl/α,β-unsaturated/α-hetero) is 1. The Morgan fingerprint density at radius 3 is 2.55 bits per heavy atom. The van der Waals surface area contributed by atoms with E-state index in [9.17, 15) is 14.7 Å². The Balaban J connectivity index is 1.64. The zero-order chi connectivity index (χ0) is 21.8. The highest BCUT2D eigenvalue weighted by Crippen LogP contribution is 2.39. The van der Waals surface area contributed by atoms with Gasteiger partial charge in [-0.1, -0.05) is 17.7 Å². The van der Waals surface area contributed by atoms with Crippen molar-refractivity contribution in [1.82, 2.24) is 14.8 Å². The van der Waals surface area contributed by atoms with Crippen LogP contribution in [-0.4, -0.2) is 71.0 Å². The molecular weight excluding hydrogens is 418 g/mol. The number of ketones is 1. The van der Waals surface area contributed by atoms with Crippen molar-refractivity contribution < 1.29 is 19.4 Å². The quantitative estimate of drug-likeness (QED) is 0.421. The smallest absolute Gasteiger partial charge is 0.295 e. The lowest BCUT2D eigenvalue weighted by molar-refractivity contribution is -0.140. The molecular formula is C23H24ClN3O4. The van der Waals surface area contributed by atoms with E-state index in [0.29, 0.717) is 42.3 Å². The summed E-state index contributed by atoms with van der Waals surface area (Å²) in [7, 11) is 0. The highest BCUT2D eigenvalue weighted by Gasteiger charge is 2.45. The lowest BCUT2D eigenvalue weighted by Crippen LogP contribution is -2.39. The minimum atomic E-state index is -0.687. The van der Waals surface area contributed by atoms with E-state index in [4.69, 9.17) is 16.3 Å². The Morgan fingerprint density at radius 1 is 1.13 bits per heavy atom. The molecule has 2 aliphatic rings. The zero-order valence-electron chi connectivity index (χ0n) is 17.0. The number of morpholine rings is 1. The first-order chi connectivity index (χ1) is 15.1. The number of likely N-dealkylation sites (tertiary alicyclic amines) is 1. The van der Waals surface area contributed by atoms with Crippen LogP contribution in [0.25, 0.3) is 5.76 Å². The van der Waals surface area contributed by atoms with Gasteiger partial charge in [0.05, 0.1) is 24.8 Å². The number of halogens is 1. The topological polar surface area (TPSA) is 83.0 Å². The van der Waals surface area contributed by atoms with Crippen LogP contribution < -0.4 is 0 Å². The summed E-state index contributed by atoms with van der Waals surface area (Å²) >= 11 is 5.95. The Labute approximate surface area is 185 Å². The number of benzene rings is 1. The van der Waals surface area contributed by atoms with Crippen LogP contribution in [0.5, 0.6) is 0 Å². The highest BCUT2D eigenvalue weighted by atomic mass is 35.5. The average Bonchev–Trinajstić information content (AvgIpc) is 3.05. The van der Waals surface area contributed by atoms with E-state index in [-0.39, 0.29) is 11.3 Å². The average molecular weight is 442 g/mol. The molecule has 1 atom stereocenters. The lowest BCUT2D eigenvalue weighted by atomic mass is 9.96. The summed E-state index contributed by atoms with van der Waals surface area (Å²) in [4.78, 5) is 33.9. The zero-order valence-corrected chi connectivity index (χ0v) is 17.8. The van der Waals surface area contributed by atoms with Gasteiger partial charge in [0, 0.05) is 49.2 Å². The van der Waals surface area contributed by atoms with Gasteiger partial charge >= 0.3 is 0 Å². The molecule has 162 valence electrons. The number of hydrogen-bond donors (Lipinski definition) is 1. The number of aromatic nitrogens is 1. The SMILES string of the molecule is O=C1C(=O)N(CCCN2CCOCC2)[C@H](c2cccnc2)/C1=C(\O)c1ccc(Cl)cc1. The number of carbonyl (C=O) groups excluding carboxylic acids is 2. The van der Waals surface area contributed by atoms with Gasteiger partial charge in [-0.15, -0.1) is 0 Å². The van der Waals surface area contributed by atoms with Gasteiger partial charge in [-0.2, -0.15) is 0 Å². The molecule has 1 aromatic heterocycles. The van der Waals surface area contributed by atoms with Crippen molar-refractivity contribution >= 4 is 29.1 Å². The summed E-state index contributed by atoms with van der Waals surface area (Å²) in [6, 6.07) is 9.41. The van der Waals surface area contributed by atoms with Crippen molar-refractivity contribution in [3.8, 4) is 0 Å². The number of hydrogen-bond acceptors (Lipinski definition) is 6. The predicted molar refractivity (Wildman–Crippen MR) is 117 cm³/mol. The predicted octanol–water partition coefficient (Wildman–Crippen LogP) is 2.88. The number of amides is 1. The Bertz CT molecular complexity index is 972. The third-order valence-corrected chi connectivity index (χ3v) is 5.89. The molecule has 3 heterocycles. The van der Waals surface area contributed by atoms with Crippen molar-refractivity contribution in [1.29, 1.82) is 0 Å². The number of ether oxygens (including phenoxy) is 1. The number of carbonyl (C=O) groups is 2. The maximum absolute atomic E-state index is 13.0. The van der Waals surface area contributed by atoms with Gasteiger partial charge in [0.2, 0.25) is 0 Å². The number of pyridine rings is 1. The van der Waals surface area contributed by atoms with E-state index in [2.05, 4.69) is 9.88 Å². The maximum Gasteiger partial charge on any atom is 0.295 e. The van der Waals surface area contributed by atoms with Gasteiger partial charge in [-0.05, 0) is 42.3 Å². The lowest BCUT2D eigenvalue weighted by Gasteiger charge is -2.29. The third kappa shape index (κ3) is 4.63. The molecule has 4 rings (SSSR count). The van der Waals surface area contributed by atoms with Crippen LogP contribution in [0.1, 0.15) is 23.6 Å². The minimum absolute atomic E-state index is 0.0756. The molecule has 0 bridgehead atoms. The molecule has 31 heavy (non-hydrogen) atoms. The first kappa shape index (κ1) is 21.5. The summed E-state index contributed by atoms with van der Waals surface area (Å²) in [5, 5.41) is 11.5. The summed E-state index contributed by atoms with van der Waals surface area (Å²) in [5.41, 5.74) is 1.19.